The molecule has 0 bridgehead atoms. The summed E-state index contributed by atoms with van der Waals surface area (Å²) in [5, 5.41) is 21.1. The predicted octanol–water partition coefficient (Wildman–Crippen LogP) is 1.03. The van der Waals surface area contributed by atoms with E-state index in [1.165, 1.54) is 0 Å². The molecule has 2 rings (SSSR count). The minimum Gasteiger partial charge on any atom is -0.362 e. The number of hydrogen-bond acceptors (Lipinski definition) is 5. The third-order valence-corrected chi connectivity index (χ3v) is 2.05. The maximum atomic E-state index is 8.82. The Hall–Kier alpha value is -1.72. The van der Waals surface area contributed by atoms with Crippen LogP contribution in [0, 0.1) is 6.92 Å². The molecule has 1 aromatic heterocycles. The molecule has 5 heteroatoms. The van der Waals surface area contributed by atoms with Gasteiger partial charge in [-0.15, -0.1) is 0 Å². The number of aryl methyl sites for hydroxylation is 1. The van der Waals surface area contributed by atoms with Gasteiger partial charge in [-0.2, -0.15) is 4.98 Å². The third kappa shape index (κ3) is 1.88. The van der Waals surface area contributed by atoms with Gasteiger partial charge in [0, 0.05) is 5.56 Å². The maximum absolute atomic E-state index is 8.82. The van der Waals surface area contributed by atoms with E-state index in [2.05, 4.69) is 10.1 Å². The van der Waals surface area contributed by atoms with Crippen molar-refractivity contribution in [2.45, 2.75) is 13.2 Å². The summed E-state index contributed by atoms with van der Waals surface area (Å²) >= 11 is 0. The van der Waals surface area contributed by atoms with Crippen LogP contribution < -0.4 is 0 Å². The first kappa shape index (κ1) is 9.82. The molecule has 1 heterocycles. The molecular formula is C10H10N2O3. The van der Waals surface area contributed by atoms with Crippen molar-refractivity contribution in [1.82, 2.24) is 10.1 Å². The highest BCUT2D eigenvalue weighted by atomic mass is 16.5. The minimum atomic E-state index is -1.70. The Kier molecular flexibility index (Phi) is 2.49. The van der Waals surface area contributed by atoms with Crippen molar-refractivity contribution in [3.8, 4) is 11.5 Å². The van der Waals surface area contributed by atoms with E-state index in [1.54, 1.807) is 0 Å². The van der Waals surface area contributed by atoms with Crippen LogP contribution >= 0.6 is 0 Å². The monoisotopic (exact) mass is 206 g/mol. The summed E-state index contributed by atoms with van der Waals surface area (Å²) in [4.78, 5) is 3.86. The highest BCUT2D eigenvalue weighted by Gasteiger charge is 2.14. The molecule has 0 atom stereocenters. The molecule has 0 saturated carbocycles. The molecule has 0 amide bonds. The summed E-state index contributed by atoms with van der Waals surface area (Å²) in [6.45, 7) is 1.91. The second-order valence-corrected chi connectivity index (χ2v) is 3.15. The van der Waals surface area contributed by atoms with Crippen molar-refractivity contribution in [2.75, 3.05) is 0 Å². The Morgan fingerprint density at radius 3 is 2.60 bits per heavy atom. The Morgan fingerprint density at radius 2 is 2.00 bits per heavy atom. The summed E-state index contributed by atoms with van der Waals surface area (Å²) in [5.74, 6) is 0.157. The lowest BCUT2D eigenvalue weighted by atomic mass is 10.1. The zero-order valence-corrected chi connectivity index (χ0v) is 8.08. The number of benzene rings is 1. The van der Waals surface area contributed by atoms with E-state index in [9.17, 15) is 0 Å². The molecule has 0 spiro atoms. The van der Waals surface area contributed by atoms with Gasteiger partial charge in [0.25, 0.3) is 5.89 Å². The van der Waals surface area contributed by atoms with E-state index in [0.717, 1.165) is 11.1 Å². The van der Waals surface area contributed by atoms with Gasteiger partial charge in [-0.3, -0.25) is 0 Å². The zero-order valence-electron chi connectivity index (χ0n) is 8.08. The number of hydrogen-bond donors (Lipinski definition) is 2. The Bertz CT molecular complexity index is 465. The molecule has 2 aromatic rings. The van der Waals surface area contributed by atoms with Gasteiger partial charge in [-0.25, -0.2) is 0 Å². The topological polar surface area (TPSA) is 79.4 Å². The van der Waals surface area contributed by atoms with Gasteiger partial charge in [0.2, 0.25) is 12.1 Å². The van der Waals surface area contributed by atoms with E-state index in [0.29, 0.717) is 0 Å². The highest BCUT2D eigenvalue weighted by molar-refractivity contribution is 5.57. The number of aromatic nitrogens is 2. The smallest absolute Gasteiger partial charge is 0.258 e. The first-order chi connectivity index (χ1) is 7.18. The van der Waals surface area contributed by atoms with E-state index in [1.807, 2.05) is 31.2 Å². The highest BCUT2D eigenvalue weighted by Crippen LogP contribution is 2.21. The molecule has 0 aliphatic heterocycles. The lowest BCUT2D eigenvalue weighted by Crippen LogP contribution is -1.96. The number of rotatable bonds is 2. The lowest BCUT2D eigenvalue weighted by molar-refractivity contribution is -0.0506. The molecule has 0 aliphatic rings. The fourth-order valence-corrected chi connectivity index (χ4v) is 1.26. The molecule has 78 valence electrons. The van der Waals surface area contributed by atoms with Crippen molar-refractivity contribution in [1.29, 1.82) is 0 Å². The van der Waals surface area contributed by atoms with Crippen LogP contribution in [0.5, 0.6) is 0 Å². The SMILES string of the molecule is Cc1ccccc1-c1nc(C(O)O)no1. The second-order valence-electron chi connectivity index (χ2n) is 3.15. The number of nitrogens with zero attached hydrogens (tertiary/aromatic N) is 2. The van der Waals surface area contributed by atoms with Crippen LogP contribution in [0.4, 0.5) is 0 Å². The molecule has 1 aromatic carbocycles. The average molecular weight is 206 g/mol. The molecule has 0 fully saturated rings. The number of aliphatic hydroxyl groups excluding tert-OH is 1. The van der Waals surface area contributed by atoms with Crippen LogP contribution in [0.1, 0.15) is 17.7 Å². The molecule has 0 aliphatic carbocycles. The quantitative estimate of drug-likeness (QED) is 0.717. The molecule has 0 unspecified atom stereocenters. The van der Waals surface area contributed by atoms with Crippen molar-refractivity contribution in [3.05, 3.63) is 35.7 Å². The molecule has 15 heavy (non-hydrogen) atoms. The molecule has 5 nitrogen and oxygen atoms in total. The standard InChI is InChI=1S/C10H10N2O3/c1-6-4-2-3-5-7(6)9-11-8(10(13)14)12-15-9/h2-5,10,13-14H,1H3. The van der Waals surface area contributed by atoms with Gasteiger partial charge in [-0.05, 0) is 18.6 Å². The summed E-state index contributed by atoms with van der Waals surface area (Å²) in [6, 6.07) is 7.49. The predicted molar refractivity (Wildman–Crippen MR) is 51.6 cm³/mol. The number of aliphatic hydroxyl groups is 2. The van der Waals surface area contributed by atoms with Crippen LogP contribution in [0.3, 0.4) is 0 Å². The van der Waals surface area contributed by atoms with Crippen molar-refractivity contribution in [3.63, 3.8) is 0 Å². The molecular weight excluding hydrogens is 196 g/mol. The first-order valence-corrected chi connectivity index (χ1v) is 4.44. The largest absolute Gasteiger partial charge is 0.362 e. The Labute approximate surface area is 86.0 Å². The fourth-order valence-electron chi connectivity index (χ4n) is 1.26. The van der Waals surface area contributed by atoms with E-state index in [4.69, 9.17) is 14.7 Å². The lowest BCUT2D eigenvalue weighted by Gasteiger charge is -1.97. The Morgan fingerprint density at radius 1 is 1.27 bits per heavy atom. The summed E-state index contributed by atoms with van der Waals surface area (Å²) < 4.78 is 4.91. The van der Waals surface area contributed by atoms with Gasteiger partial charge in [0.1, 0.15) is 0 Å². The molecule has 0 saturated heterocycles. The van der Waals surface area contributed by atoms with Crippen LogP contribution in [0.15, 0.2) is 28.8 Å². The fraction of sp³-hybridized carbons (Fsp3) is 0.200. The minimum absolute atomic E-state index is 0.131. The van der Waals surface area contributed by atoms with E-state index >= 15 is 0 Å². The zero-order chi connectivity index (χ0) is 10.8. The van der Waals surface area contributed by atoms with Gasteiger partial charge in [0.15, 0.2) is 0 Å². The van der Waals surface area contributed by atoms with E-state index < -0.39 is 6.29 Å². The van der Waals surface area contributed by atoms with Gasteiger partial charge in [0.05, 0.1) is 0 Å². The van der Waals surface area contributed by atoms with Crippen molar-refractivity contribution < 1.29 is 14.7 Å². The van der Waals surface area contributed by atoms with Gasteiger partial charge in [-0.1, -0.05) is 23.4 Å². The van der Waals surface area contributed by atoms with Crippen molar-refractivity contribution >= 4 is 0 Å². The van der Waals surface area contributed by atoms with Crippen LogP contribution in [-0.4, -0.2) is 20.4 Å². The summed E-state index contributed by atoms with van der Waals surface area (Å²) in [5.41, 5.74) is 1.78. The molecule has 0 radical (unpaired) electrons. The van der Waals surface area contributed by atoms with E-state index in [-0.39, 0.29) is 11.7 Å². The van der Waals surface area contributed by atoms with Gasteiger partial charge < -0.3 is 14.7 Å². The van der Waals surface area contributed by atoms with Gasteiger partial charge >= 0.3 is 0 Å². The summed E-state index contributed by atoms with van der Waals surface area (Å²) in [7, 11) is 0. The normalized spacial score (nSPS) is 10.9. The first-order valence-electron chi connectivity index (χ1n) is 4.44. The van der Waals surface area contributed by atoms with Crippen LogP contribution in [0.2, 0.25) is 0 Å². The van der Waals surface area contributed by atoms with Crippen molar-refractivity contribution in [2.24, 2.45) is 0 Å². The molecule has 2 N–H and O–H groups in total. The summed E-state index contributed by atoms with van der Waals surface area (Å²) in [6.07, 6.45) is -1.70. The average Bonchev–Trinajstić information content (AvgIpc) is 2.67. The maximum Gasteiger partial charge on any atom is 0.258 e. The second kappa shape index (κ2) is 3.80. The van der Waals surface area contributed by atoms with Crippen LogP contribution in [0.25, 0.3) is 11.5 Å². The van der Waals surface area contributed by atoms with Crippen LogP contribution in [-0.2, 0) is 0 Å². The Balaban J connectivity index is 2.42. The third-order valence-electron chi connectivity index (χ3n) is 2.05.